The third kappa shape index (κ3) is 2.29. The number of hydrogen-bond donors (Lipinski definition) is 2. The number of rotatable bonds is 4. The molecule has 0 atom stereocenters. The van der Waals surface area contributed by atoms with Gasteiger partial charge in [-0.15, -0.1) is 0 Å². The lowest BCUT2D eigenvalue weighted by Crippen LogP contribution is -2.13. The van der Waals surface area contributed by atoms with Crippen LogP contribution in [0.25, 0.3) is 0 Å². The largest absolute Gasteiger partial charge is 0.454 e. The van der Waals surface area contributed by atoms with Gasteiger partial charge < -0.3 is 14.5 Å². The zero-order chi connectivity index (χ0) is 14.2. The number of aromatic amines is 1. The van der Waals surface area contributed by atoms with Gasteiger partial charge in [-0.25, -0.2) is 4.98 Å². The molecule has 2 heterocycles. The average Bonchev–Trinajstić information content (AvgIpc) is 3.06. The van der Waals surface area contributed by atoms with Crippen LogP contribution in [0.15, 0.2) is 29.4 Å². The van der Waals surface area contributed by atoms with E-state index in [9.17, 15) is 8.42 Å². The number of aryl methyl sites for hydroxylation is 1. The third-order valence-corrected chi connectivity index (χ3v) is 4.15. The Kier molecular flexibility index (Phi) is 3.01. The van der Waals surface area contributed by atoms with Crippen LogP contribution in [0.3, 0.4) is 0 Å². The van der Waals surface area contributed by atoms with E-state index in [4.69, 9.17) is 9.47 Å². The highest BCUT2D eigenvalue weighted by atomic mass is 32.2. The van der Waals surface area contributed by atoms with Crippen LogP contribution in [0.2, 0.25) is 0 Å². The van der Waals surface area contributed by atoms with Gasteiger partial charge in [0.2, 0.25) is 6.79 Å². The number of imidazole rings is 1. The summed E-state index contributed by atoms with van der Waals surface area (Å²) in [4.78, 5) is 6.74. The monoisotopic (exact) mass is 295 g/mol. The predicted molar refractivity (Wildman–Crippen MR) is 71.3 cm³/mol. The maximum absolute atomic E-state index is 12.2. The Hall–Kier alpha value is -2.22. The first-order valence-corrected chi connectivity index (χ1v) is 7.53. The standard InChI is InChI=1S/C12H13N3O4S/c1-2-11-13-6-12(14-11)20(16,17)15-8-3-4-9-10(5-8)19-7-18-9/h3-6,15H,2,7H2,1H3,(H,13,14). The highest BCUT2D eigenvalue weighted by molar-refractivity contribution is 7.92. The van der Waals surface area contributed by atoms with E-state index in [2.05, 4.69) is 14.7 Å². The van der Waals surface area contributed by atoms with Gasteiger partial charge in [-0.05, 0) is 12.1 Å². The molecule has 2 N–H and O–H groups in total. The summed E-state index contributed by atoms with van der Waals surface area (Å²) in [6.45, 7) is 2.03. The Labute approximate surface area is 116 Å². The molecule has 0 saturated heterocycles. The van der Waals surface area contributed by atoms with Crippen LogP contribution in [0.4, 0.5) is 5.69 Å². The number of nitrogens with zero attached hydrogens (tertiary/aromatic N) is 1. The zero-order valence-electron chi connectivity index (χ0n) is 10.7. The Bertz CT molecular complexity index is 739. The van der Waals surface area contributed by atoms with E-state index < -0.39 is 10.0 Å². The van der Waals surface area contributed by atoms with Crippen LogP contribution in [0.5, 0.6) is 11.5 Å². The predicted octanol–water partition coefficient (Wildman–Crippen LogP) is 1.50. The van der Waals surface area contributed by atoms with E-state index >= 15 is 0 Å². The smallest absolute Gasteiger partial charge is 0.278 e. The lowest BCUT2D eigenvalue weighted by Gasteiger charge is -2.06. The summed E-state index contributed by atoms with van der Waals surface area (Å²) in [5, 5.41) is 0.0343. The normalized spacial score (nSPS) is 13.4. The van der Waals surface area contributed by atoms with Crippen molar-refractivity contribution in [1.29, 1.82) is 0 Å². The fourth-order valence-electron chi connectivity index (χ4n) is 1.83. The minimum Gasteiger partial charge on any atom is -0.454 e. The summed E-state index contributed by atoms with van der Waals surface area (Å²) < 4.78 is 37.2. The van der Waals surface area contributed by atoms with Crippen LogP contribution in [-0.2, 0) is 16.4 Å². The summed E-state index contributed by atoms with van der Waals surface area (Å²) in [7, 11) is -3.68. The van der Waals surface area contributed by atoms with Crippen molar-refractivity contribution in [3.8, 4) is 11.5 Å². The fraction of sp³-hybridized carbons (Fsp3) is 0.250. The van der Waals surface area contributed by atoms with Gasteiger partial charge in [-0.3, -0.25) is 4.72 Å². The highest BCUT2D eigenvalue weighted by Crippen LogP contribution is 2.34. The first-order chi connectivity index (χ1) is 9.58. The maximum Gasteiger partial charge on any atom is 0.278 e. The third-order valence-electron chi connectivity index (χ3n) is 2.85. The van der Waals surface area contributed by atoms with Gasteiger partial charge in [0.1, 0.15) is 5.82 Å². The van der Waals surface area contributed by atoms with Crippen molar-refractivity contribution in [3.63, 3.8) is 0 Å². The van der Waals surface area contributed by atoms with Gasteiger partial charge in [0.05, 0.1) is 11.9 Å². The molecule has 1 aromatic heterocycles. The molecule has 1 aliphatic heterocycles. The van der Waals surface area contributed by atoms with E-state index in [0.717, 1.165) is 0 Å². The summed E-state index contributed by atoms with van der Waals surface area (Å²) >= 11 is 0. The van der Waals surface area contributed by atoms with E-state index in [1.54, 1.807) is 18.2 Å². The second-order valence-electron chi connectivity index (χ2n) is 4.22. The van der Waals surface area contributed by atoms with Gasteiger partial charge in [0.25, 0.3) is 10.0 Å². The first-order valence-electron chi connectivity index (χ1n) is 6.05. The van der Waals surface area contributed by atoms with E-state index in [0.29, 0.717) is 29.4 Å². The molecule has 0 saturated carbocycles. The number of aromatic nitrogens is 2. The molecule has 106 valence electrons. The number of H-pyrrole nitrogens is 1. The van der Waals surface area contributed by atoms with E-state index in [1.165, 1.54) is 6.20 Å². The molecule has 0 aliphatic carbocycles. The quantitative estimate of drug-likeness (QED) is 0.891. The highest BCUT2D eigenvalue weighted by Gasteiger charge is 2.19. The number of hydrogen-bond acceptors (Lipinski definition) is 5. The fourth-order valence-corrected chi connectivity index (χ4v) is 2.82. The topological polar surface area (TPSA) is 93.3 Å². The molecule has 0 bridgehead atoms. The van der Waals surface area contributed by atoms with Crippen LogP contribution < -0.4 is 14.2 Å². The Balaban J connectivity index is 1.86. The SMILES string of the molecule is CCc1ncc(S(=O)(=O)Nc2ccc3c(c2)OCO3)[nH]1. The van der Waals surface area contributed by atoms with Crippen molar-refractivity contribution in [1.82, 2.24) is 9.97 Å². The second-order valence-corrected chi connectivity index (χ2v) is 5.87. The van der Waals surface area contributed by atoms with Crippen molar-refractivity contribution in [2.75, 3.05) is 11.5 Å². The molecular formula is C12H13N3O4S. The van der Waals surface area contributed by atoms with Gasteiger partial charge in [0, 0.05) is 12.5 Å². The zero-order valence-corrected chi connectivity index (χ0v) is 11.5. The summed E-state index contributed by atoms with van der Waals surface area (Å²) in [5.41, 5.74) is 0.405. The van der Waals surface area contributed by atoms with Crippen molar-refractivity contribution < 1.29 is 17.9 Å². The molecule has 0 amide bonds. The number of fused-ring (bicyclic) bond motifs is 1. The minimum absolute atomic E-state index is 0.0343. The molecule has 2 aromatic rings. The van der Waals surface area contributed by atoms with E-state index in [-0.39, 0.29) is 11.8 Å². The lowest BCUT2D eigenvalue weighted by atomic mass is 10.3. The molecule has 3 rings (SSSR count). The van der Waals surface area contributed by atoms with Gasteiger partial charge in [0.15, 0.2) is 16.5 Å². The second kappa shape index (κ2) is 4.71. The lowest BCUT2D eigenvalue weighted by molar-refractivity contribution is 0.174. The number of ether oxygens (including phenoxy) is 2. The summed E-state index contributed by atoms with van der Waals surface area (Å²) in [6.07, 6.45) is 1.94. The number of benzene rings is 1. The molecular weight excluding hydrogens is 282 g/mol. The maximum atomic E-state index is 12.2. The Morgan fingerprint density at radius 2 is 2.15 bits per heavy atom. The molecule has 1 aromatic carbocycles. The van der Waals surface area contributed by atoms with Crippen molar-refractivity contribution in [3.05, 3.63) is 30.2 Å². The van der Waals surface area contributed by atoms with Crippen LogP contribution >= 0.6 is 0 Å². The minimum atomic E-state index is -3.68. The molecule has 8 heteroatoms. The number of nitrogens with one attached hydrogen (secondary N) is 2. The molecule has 0 unspecified atom stereocenters. The van der Waals surface area contributed by atoms with Gasteiger partial charge in [-0.2, -0.15) is 8.42 Å². The Morgan fingerprint density at radius 1 is 1.35 bits per heavy atom. The molecule has 7 nitrogen and oxygen atoms in total. The molecule has 0 radical (unpaired) electrons. The number of anilines is 1. The van der Waals surface area contributed by atoms with Crippen molar-refractivity contribution in [2.45, 2.75) is 18.4 Å². The van der Waals surface area contributed by atoms with Crippen molar-refractivity contribution in [2.24, 2.45) is 0 Å². The van der Waals surface area contributed by atoms with Crippen molar-refractivity contribution >= 4 is 15.7 Å². The Morgan fingerprint density at radius 3 is 2.90 bits per heavy atom. The van der Waals surface area contributed by atoms with Gasteiger partial charge >= 0.3 is 0 Å². The molecule has 20 heavy (non-hydrogen) atoms. The average molecular weight is 295 g/mol. The molecule has 0 fully saturated rings. The molecule has 1 aliphatic rings. The summed E-state index contributed by atoms with van der Waals surface area (Å²) in [5.74, 6) is 1.74. The van der Waals surface area contributed by atoms with Crippen LogP contribution in [0, 0.1) is 0 Å². The molecule has 0 spiro atoms. The number of sulfonamides is 1. The summed E-state index contributed by atoms with van der Waals surface area (Å²) in [6, 6.07) is 4.85. The first kappa shape index (κ1) is 12.8. The van der Waals surface area contributed by atoms with E-state index in [1.807, 2.05) is 6.92 Å². The van der Waals surface area contributed by atoms with Gasteiger partial charge in [-0.1, -0.05) is 6.92 Å². The van der Waals surface area contributed by atoms with Crippen LogP contribution in [-0.4, -0.2) is 25.2 Å². The van der Waals surface area contributed by atoms with Crippen LogP contribution in [0.1, 0.15) is 12.7 Å².